The Labute approximate surface area is 95.6 Å². The summed E-state index contributed by atoms with van der Waals surface area (Å²) in [6.45, 7) is 3.19. The standard InChI is InChI=1S/C12H18FN3/c1-2-3-8-15-12(14)16-9-10-6-4-5-7-11(10)13/h4-7H,2-3,8-9H2,1H3,(H3,14,15,16). The van der Waals surface area contributed by atoms with E-state index in [1.54, 1.807) is 18.2 Å². The number of benzene rings is 1. The third-order valence-corrected chi connectivity index (χ3v) is 2.21. The molecule has 0 aliphatic carbocycles. The second kappa shape index (κ2) is 6.82. The zero-order valence-corrected chi connectivity index (χ0v) is 9.54. The number of halogens is 1. The van der Waals surface area contributed by atoms with E-state index in [0.29, 0.717) is 11.5 Å². The summed E-state index contributed by atoms with van der Waals surface area (Å²) in [5.41, 5.74) is 6.19. The van der Waals surface area contributed by atoms with Crippen LogP contribution in [0.5, 0.6) is 0 Å². The molecule has 4 heteroatoms. The van der Waals surface area contributed by atoms with Gasteiger partial charge in [0.05, 0.1) is 6.54 Å². The van der Waals surface area contributed by atoms with Crippen LogP contribution in [-0.4, -0.2) is 12.5 Å². The van der Waals surface area contributed by atoms with Crippen LogP contribution in [0.4, 0.5) is 4.39 Å². The Morgan fingerprint density at radius 2 is 2.19 bits per heavy atom. The molecule has 88 valence electrons. The lowest BCUT2D eigenvalue weighted by Crippen LogP contribution is -2.32. The van der Waals surface area contributed by atoms with Crippen LogP contribution in [0.25, 0.3) is 0 Å². The molecular weight excluding hydrogens is 205 g/mol. The number of nitrogens with one attached hydrogen (secondary N) is 1. The highest BCUT2D eigenvalue weighted by Gasteiger charge is 1.99. The molecule has 3 nitrogen and oxygen atoms in total. The van der Waals surface area contributed by atoms with Crippen molar-refractivity contribution in [1.82, 2.24) is 5.32 Å². The molecule has 0 saturated carbocycles. The Morgan fingerprint density at radius 1 is 1.44 bits per heavy atom. The molecule has 0 aliphatic rings. The topological polar surface area (TPSA) is 50.4 Å². The first-order valence-electron chi connectivity index (χ1n) is 5.51. The van der Waals surface area contributed by atoms with E-state index in [0.717, 1.165) is 19.4 Å². The molecule has 16 heavy (non-hydrogen) atoms. The minimum absolute atomic E-state index is 0.243. The Balaban J connectivity index is 2.43. The van der Waals surface area contributed by atoms with Gasteiger partial charge in [0.25, 0.3) is 0 Å². The summed E-state index contributed by atoms with van der Waals surface area (Å²) in [6.07, 6.45) is 2.16. The summed E-state index contributed by atoms with van der Waals surface area (Å²) in [5.74, 6) is 0.129. The molecule has 0 saturated heterocycles. The van der Waals surface area contributed by atoms with Crippen molar-refractivity contribution in [1.29, 1.82) is 0 Å². The van der Waals surface area contributed by atoms with Gasteiger partial charge in [-0.1, -0.05) is 31.5 Å². The second-order valence-electron chi connectivity index (χ2n) is 3.57. The van der Waals surface area contributed by atoms with Crippen LogP contribution in [-0.2, 0) is 6.54 Å². The monoisotopic (exact) mass is 223 g/mol. The van der Waals surface area contributed by atoms with Crippen LogP contribution in [0.2, 0.25) is 0 Å². The molecule has 1 rings (SSSR count). The summed E-state index contributed by atoms with van der Waals surface area (Å²) in [6, 6.07) is 6.57. The van der Waals surface area contributed by atoms with Gasteiger partial charge in [-0.2, -0.15) is 0 Å². The lowest BCUT2D eigenvalue weighted by molar-refractivity contribution is 0.610. The van der Waals surface area contributed by atoms with Crippen molar-refractivity contribution in [2.45, 2.75) is 26.3 Å². The largest absolute Gasteiger partial charge is 0.370 e. The molecular formula is C12H18FN3. The molecule has 0 radical (unpaired) electrons. The smallest absolute Gasteiger partial charge is 0.188 e. The van der Waals surface area contributed by atoms with Crippen molar-refractivity contribution in [3.8, 4) is 0 Å². The Morgan fingerprint density at radius 3 is 2.88 bits per heavy atom. The van der Waals surface area contributed by atoms with Gasteiger partial charge in [-0.3, -0.25) is 0 Å². The van der Waals surface area contributed by atoms with Gasteiger partial charge in [0.2, 0.25) is 0 Å². The lowest BCUT2D eigenvalue weighted by atomic mass is 10.2. The van der Waals surface area contributed by atoms with E-state index < -0.39 is 0 Å². The summed E-state index contributed by atoms with van der Waals surface area (Å²) in [7, 11) is 0. The van der Waals surface area contributed by atoms with Gasteiger partial charge in [0.1, 0.15) is 5.82 Å². The van der Waals surface area contributed by atoms with E-state index in [2.05, 4.69) is 17.2 Å². The number of nitrogens with two attached hydrogens (primary N) is 1. The number of guanidine groups is 1. The molecule has 3 N–H and O–H groups in total. The third-order valence-electron chi connectivity index (χ3n) is 2.21. The Kier molecular flexibility index (Phi) is 5.32. The number of hydrogen-bond acceptors (Lipinski definition) is 1. The minimum Gasteiger partial charge on any atom is -0.370 e. The first kappa shape index (κ1) is 12.5. The van der Waals surface area contributed by atoms with Gasteiger partial charge >= 0.3 is 0 Å². The van der Waals surface area contributed by atoms with Crippen molar-refractivity contribution in [3.05, 3.63) is 35.6 Å². The van der Waals surface area contributed by atoms with E-state index >= 15 is 0 Å². The maximum absolute atomic E-state index is 13.2. The van der Waals surface area contributed by atoms with E-state index in [1.165, 1.54) is 6.07 Å². The second-order valence-corrected chi connectivity index (χ2v) is 3.57. The number of hydrogen-bond donors (Lipinski definition) is 2. The van der Waals surface area contributed by atoms with Gasteiger partial charge in [0.15, 0.2) is 5.96 Å². The Hall–Kier alpha value is -1.58. The van der Waals surface area contributed by atoms with E-state index in [-0.39, 0.29) is 12.4 Å². The molecule has 1 aromatic carbocycles. The molecule has 0 spiro atoms. The van der Waals surface area contributed by atoms with Crippen molar-refractivity contribution in [2.75, 3.05) is 6.54 Å². The van der Waals surface area contributed by atoms with Gasteiger partial charge in [-0.05, 0) is 12.5 Å². The van der Waals surface area contributed by atoms with Gasteiger partial charge in [-0.15, -0.1) is 0 Å². The number of aliphatic imine (C=N–C) groups is 1. The predicted molar refractivity (Wildman–Crippen MR) is 64.6 cm³/mol. The van der Waals surface area contributed by atoms with E-state index in [1.807, 2.05) is 0 Å². The van der Waals surface area contributed by atoms with Gasteiger partial charge < -0.3 is 11.1 Å². The highest BCUT2D eigenvalue weighted by molar-refractivity contribution is 5.77. The molecule has 0 aliphatic heterocycles. The number of nitrogens with zero attached hydrogens (tertiary/aromatic N) is 1. The van der Waals surface area contributed by atoms with Crippen molar-refractivity contribution < 1.29 is 4.39 Å². The summed E-state index contributed by atoms with van der Waals surface area (Å²) in [5, 5.41) is 2.98. The first-order valence-corrected chi connectivity index (χ1v) is 5.51. The van der Waals surface area contributed by atoms with Crippen molar-refractivity contribution in [2.24, 2.45) is 10.7 Å². The zero-order valence-electron chi connectivity index (χ0n) is 9.54. The number of rotatable bonds is 5. The van der Waals surface area contributed by atoms with Crippen LogP contribution >= 0.6 is 0 Å². The average Bonchev–Trinajstić information content (AvgIpc) is 2.28. The van der Waals surface area contributed by atoms with Crippen molar-refractivity contribution in [3.63, 3.8) is 0 Å². The highest BCUT2D eigenvalue weighted by Crippen LogP contribution is 2.06. The minimum atomic E-state index is -0.243. The summed E-state index contributed by atoms with van der Waals surface area (Å²) >= 11 is 0. The van der Waals surface area contributed by atoms with Crippen LogP contribution in [0, 0.1) is 5.82 Å². The maximum Gasteiger partial charge on any atom is 0.188 e. The highest BCUT2D eigenvalue weighted by atomic mass is 19.1. The van der Waals surface area contributed by atoms with E-state index in [9.17, 15) is 4.39 Å². The molecule has 0 unspecified atom stereocenters. The quantitative estimate of drug-likeness (QED) is 0.456. The predicted octanol–water partition coefficient (Wildman–Crippen LogP) is 2.03. The van der Waals surface area contributed by atoms with E-state index in [4.69, 9.17) is 5.73 Å². The Bertz CT molecular complexity index is 350. The maximum atomic E-state index is 13.2. The first-order chi connectivity index (χ1) is 7.74. The molecule has 0 aromatic heterocycles. The van der Waals surface area contributed by atoms with Crippen molar-refractivity contribution >= 4 is 5.96 Å². The fourth-order valence-electron chi connectivity index (χ4n) is 1.25. The fraction of sp³-hybridized carbons (Fsp3) is 0.417. The van der Waals surface area contributed by atoms with Gasteiger partial charge in [-0.25, -0.2) is 9.38 Å². The van der Waals surface area contributed by atoms with Crippen LogP contribution in [0.3, 0.4) is 0 Å². The zero-order chi connectivity index (χ0) is 11.8. The van der Waals surface area contributed by atoms with Crippen LogP contribution in [0.15, 0.2) is 29.3 Å². The molecule has 0 bridgehead atoms. The molecule has 1 aromatic rings. The number of unbranched alkanes of at least 4 members (excludes halogenated alkanes) is 1. The molecule has 0 heterocycles. The van der Waals surface area contributed by atoms with Crippen LogP contribution < -0.4 is 11.1 Å². The average molecular weight is 223 g/mol. The van der Waals surface area contributed by atoms with Crippen LogP contribution in [0.1, 0.15) is 25.3 Å². The molecule has 0 amide bonds. The normalized spacial score (nSPS) is 11.5. The van der Waals surface area contributed by atoms with Gasteiger partial charge in [0, 0.05) is 12.1 Å². The molecule has 0 atom stereocenters. The summed E-state index contributed by atoms with van der Waals surface area (Å²) in [4.78, 5) is 4.07. The third kappa shape index (κ3) is 4.29. The SMILES string of the molecule is CCCCNC(N)=NCc1ccccc1F. The summed E-state index contributed by atoms with van der Waals surface area (Å²) < 4.78 is 13.2. The lowest BCUT2D eigenvalue weighted by Gasteiger charge is -2.04. The fourth-order valence-corrected chi connectivity index (χ4v) is 1.25. The molecule has 0 fully saturated rings.